The van der Waals surface area contributed by atoms with E-state index in [1.807, 2.05) is 26.0 Å². The lowest BCUT2D eigenvalue weighted by atomic mass is 10.3. The lowest BCUT2D eigenvalue weighted by molar-refractivity contribution is 0.403. The van der Waals surface area contributed by atoms with Gasteiger partial charge in [0.05, 0.1) is 16.8 Å². The topological polar surface area (TPSA) is 63.4 Å². The zero-order chi connectivity index (χ0) is 15.8. The van der Waals surface area contributed by atoms with Gasteiger partial charge in [0.1, 0.15) is 4.90 Å². The molecule has 0 amide bonds. The van der Waals surface area contributed by atoms with E-state index in [4.69, 9.17) is 17.3 Å². The van der Waals surface area contributed by atoms with Crippen molar-refractivity contribution >= 4 is 38.6 Å². The summed E-state index contributed by atoms with van der Waals surface area (Å²) in [5.74, 6) is 0. The Bertz CT molecular complexity index is 736. The predicted octanol–water partition coefficient (Wildman–Crippen LogP) is 3.67. The number of halogens is 1. The van der Waals surface area contributed by atoms with Crippen LogP contribution in [0.1, 0.15) is 22.7 Å². The molecule has 0 saturated heterocycles. The highest BCUT2D eigenvalue weighted by Gasteiger charge is 2.30. The van der Waals surface area contributed by atoms with Gasteiger partial charge < -0.3 is 5.73 Å². The third kappa shape index (κ3) is 3.08. The van der Waals surface area contributed by atoms with Gasteiger partial charge in [-0.15, -0.1) is 11.3 Å². The molecule has 0 radical (unpaired) electrons. The number of aryl methyl sites for hydroxylation is 1. The molecular formula is C14H17ClN2O2S2. The minimum absolute atomic E-state index is 0.0331. The fourth-order valence-corrected chi connectivity index (χ4v) is 5.02. The van der Waals surface area contributed by atoms with Gasteiger partial charge in [0.2, 0.25) is 10.0 Å². The van der Waals surface area contributed by atoms with Crippen LogP contribution in [0.5, 0.6) is 0 Å². The quantitative estimate of drug-likeness (QED) is 0.860. The number of hydrogen-bond acceptors (Lipinski definition) is 4. The zero-order valence-electron chi connectivity index (χ0n) is 12.0. The molecule has 7 heteroatoms. The van der Waals surface area contributed by atoms with Crippen molar-refractivity contribution in [3.05, 3.63) is 45.1 Å². The number of nitrogens with two attached hydrogens (primary N) is 1. The van der Waals surface area contributed by atoms with E-state index in [2.05, 4.69) is 0 Å². The molecule has 2 aromatic rings. The molecule has 2 N–H and O–H groups in total. The van der Waals surface area contributed by atoms with Crippen molar-refractivity contribution in [1.29, 1.82) is 0 Å². The molecule has 0 aliphatic carbocycles. The van der Waals surface area contributed by atoms with E-state index in [-0.39, 0.29) is 21.6 Å². The van der Waals surface area contributed by atoms with Gasteiger partial charge in [0, 0.05) is 16.8 Å². The molecule has 1 aromatic carbocycles. The first-order valence-electron chi connectivity index (χ1n) is 6.33. The number of anilines is 1. The fourth-order valence-electron chi connectivity index (χ4n) is 2.01. The summed E-state index contributed by atoms with van der Waals surface area (Å²) < 4.78 is 26.8. The van der Waals surface area contributed by atoms with Crippen LogP contribution < -0.4 is 5.73 Å². The van der Waals surface area contributed by atoms with E-state index in [0.717, 1.165) is 9.75 Å². The second-order valence-electron chi connectivity index (χ2n) is 4.80. The van der Waals surface area contributed by atoms with Crippen LogP contribution in [0, 0.1) is 6.92 Å². The van der Waals surface area contributed by atoms with Crippen LogP contribution in [0.4, 0.5) is 5.69 Å². The first kappa shape index (κ1) is 16.3. The van der Waals surface area contributed by atoms with E-state index in [1.54, 1.807) is 17.4 Å². The number of rotatable bonds is 4. The van der Waals surface area contributed by atoms with E-state index in [1.165, 1.54) is 23.5 Å². The van der Waals surface area contributed by atoms with Gasteiger partial charge in [-0.05, 0) is 38.1 Å². The minimum atomic E-state index is -3.76. The summed E-state index contributed by atoms with van der Waals surface area (Å²) in [6.07, 6.45) is 0. The summed E-state index contributed by atoms with van der Waals surface area (Å²) in [4.78, 5) is 2.08. The van der Waals surface area contributed by atoms with Gasteiger partial charge in [0.25, 0.3) is 0 Å². The maximum absolute atomic E-state index is 12.8. The first-order valence-corrected chi connectivity index (χ1v) is 8.97. The summed E-state index contributed by atoms with van der Waals surface area (Å²) in [6, 6.07) is 8.31. The maximum Gasteiger partial charge on any atom is 0.246 e. The van der Waals surface area contributed by atoms with Crippen molar-refractivity contribution in [1.82, 2.24) is 4.31 Å². The Morgan fingerprint density at radius 3 is 2.48 bits per heavy atom. The number of benzene rings is 1. The third-order valence-corrected chi connectivity index (χ3v) is 7.00. The lowest BCUT2D eigenvalue weighted by Crippen LogP contribution is -2.30. The number of nitrogen functional groups attached to an aromatic ring is 1. The molecule has 1 unspecified atom stereocenters. The van der Waals surface area contributed by atoms with Crippen molar-refractivity contribution < 1.29 is 8.42 Å². The summed E-state index contributed by atoms with van der Waals surface area (Å²) in [5.41, 5.74) is 5.96. The average molecular weight is 345 g/mol. The predicted molar refractivity (Wildman–Crippen MR) is 88.3 cm³/mol. The van der Waals surface area contributed by atoms with Gasteiger partial charge >= 0.3 is 0 Å². The molecule has 1 heterocycles. The zero-order valence-corrected chi connectivity index (χ0v) is 14.4. The highest BCUT2D eigenvalue weighted by molar-refractivity contribution is 7.89. The summed E-state index contributed by atoms with van der Waals surface area (Å²) in [5, 5.41) is 0.136. The largest absolute Gasteiger partial charge is 0.398 e. The molecular weight excluding hydrogens is 328 g/mol. The molecule has 114 valence electrons. The Morgan fingerprint density at radius 1 is 1.29 bits per heavy atom. The Hall–Kier alpha value is -1.08. The molecule has 1 atom stereocenters. The van der Waals surface area contributed by atoms with Crippen molar-refractivity contribution in [2.75, 3.05) is 12.8 Å². The van der Waals surface area contributed by atoms with Crippen LogP contribution in [0.2, 0.25) is 5.02 Å². The van der Waals surface area contributed by atoms with Crippen LogP contribution in [-0.2, 0) is 10.0 Å². The highest BCUT2D eigenvalue weighted by atomic mass is 35.5. The highest BCUT2D eigenvalue weighted by Crippen LogP contribution is 2.34. The molecule has 0 fully saturated rings. The minimum Gasteiger partial charge on any atom is -0.398 e. The van der Waals surface area contributed by atoms with Gasteiger partial charge in [-0.3, -0.25) is 0 Å². The summed E-state index contributed by atoms with van der Waals surface area (Å²) in [6.45, 7) is 3.83. The third-order valence-electron chi connectivity index (χ3n) is 3.35. The first-order chi connectivity index (χ1) is 9.75. The maximum atomic E-state index is 12.8. The van der Waals surface area contributed by atoms with Crippen LogP contribution >= 0.6 is 22.9 Å². The van der Waals surface area contributed by atoms with Crippen molar-refractivity contribution in [2.45, 2.75) is 24.8 Å². The molecule has 0 spiro atoms. The molecule has 0 bridgehead atoms. The number of thiophene rings is 1. The lowest BCUT2D eigenvalue weighted by Gasteiger charge is -2.24. The fraction of sp³-hybridized carbons (Fsp3) is 0.286. The number of hydrogen-bond donors (Lipinski definition) is 1. The van der Waals surface area contributed by atoms with Gasteiger partial charge in [-0.25, -0.2) is 8.42 Å². The second-order valence-corrected chi connectivity index (χ2v) is 8.46. The van der Waals surface area contributed by atoms with Crippen LogP contribution in [0.25, 0.3) is 0 Å². The van der Waals surface area contributed by atoms with Crippen LogP contribution in [-0.4, -0.2) is 19.8 Å². The molecule has 2 rings (SSSR count). The van der Waals surface area contributed by atoms with Gasteiger partial charge in [-0.2, -0.15) is 4.31 Å². The molecule has 1 aromatic heterocycles. The summed E-state index contributed by atoms with van der Waals surface area (Å²) >= 11 is 7.60. The van der Waals surface area contributed by atoms with E-state index >= 15 is 0 Å². The van der Waals surface area contributed by atoms with Crippen molar-refractivity contribution in [2.24, 2.45) is 0 Å². The molecule has 0 aliphatic heterocycles. The van der Waals surface area contributed by atoms with E-state index < -0.39 is 10.0 Å². The van der Waals surface area contributed by atoms with E-state index in [9.17, 15) is 8.42 Å². The molecule has 0 aliphatic rings. The van der Waals surface area contributed by atoms with Crippen molar-refractivity contribution in [3.63, 3.8) is 0 Å². The second kappa shape index (κ2) is 5.96. The Kier molecular flexibility index (Phi) is 4.63. The SMILES string of the molecule is Cc1ccc(C(C)N(C)S(=O)(=O)c2c(N)cccc2Cl)s1. The average Bonchev–Trinajstić information content (AvgIpc) is 2.83. The van der Waals surface area contributed by atoms with Crippen LogP contribution in [0.3, 0.4) is 0 Å². The van der Waals surface area contributed by atoms with Gasteiger partial charge in [0.15, 0.2) is 0 Å². The number of sulfonamides is 1. The van der Waals surface area contributed by atoms with E-state index in [0.29, 0.717) is 0 Å². The smallest absolute Gasteiger partial charge is 0.246 e. The number of nitrogens with zero attached hydrogens (tertiary/aromatic N) is 1. The Balaban J connectivity index is 2.44. The molecule has 4 nitrogen and oxygen atoms in total. The Labute approximate surface area is 134 Å². The summed E-state index contributed by atoms with van der Waals surface area (Å²) in [7, 11) is -2.22. The van der Waals surface area contributed by atoms with Gasteiger partial charge in [-0.1, -0.05) is 17.7 Å². The standard InChI is InChI=1S/C14H17ClN2O2S2/c1-9-7-8-13(20-9)10(2)17(3)21(18,19)14-11(15)5-4-6-12(14)16/h4-8,10H,16H2,1-3H3. The molecule has 21 heavy (non-hydrogen) atoms. The molecule has 0 saturated carbocycles. The monoisotopic (exact) mass is 344 g/mol. The normalized spacial score (nSPS) is 13.6. The van der Waals surface area contributed by atoms with Crippen LogP contribution in [0.15, 0.2) is 35.2 Å². The van der Waals surface area contributed by atoms with Crippen molar-refractivity contribution in [3.8, 4) is 0 Å². The Morgan fingerprint density at radius 2 is 1.95 bits per heavy atom.